The summed E-state index contributed by atoms with van der Waals surface area (Å²) in [7, 11) is 2.73. The van der Waals surface area contributed by atoms with Crippen LogP contribution in [0.5, 0.6) is 17.2 Å². The summed E-state index contributed by atoms with van der Waals surface area (Å²) in [5.74, 6) is 0.117. The number of thiazole rings is 1. The van der Waals surface area contributed by atoms with Gasteiger partial charge < -0.3 is 18.9 Å². The average molecular weight is 693 g/mol. The second kappa shape index (κ2) is 14.0. The molecule has 0 radical (unpaired) electrons. The van der Waals surface area contributed by atoms with Crippen molar-refractivity contribution in [2.45, 2.75) is 46.8 Å². The molecule has 12 heteroatoms. The zero-order chi connectivity index (χ0) is 35.7. The number of carbonyl (C=O) groups excluding carboxylic acids is 2. The van der Waals surface area contributed by atoms with Gasteiger partial charge in [0.15, 0.2) is 16.3 Å². The number of esters is 2. The lowest BCUT2D eigenvalue weighted by atomic mass is 9.95. The highest BCUT2D eigenvalue weighted by Crippen LogP contribution is 2.36. The molecule has 2 aromatic heterocycles. The molecule has 256 valence electrons. The van der Waals surface area contributed by atoms with Gasteiger partial charge in [-0.05, 0) is 87.4 Å². The lowest BCUT2D eigenvalue weighted by molar-refractivity contribution is -0.136. The normalized spacial score (nSPS) is 14.3. The molecule has 0 N–H and O–H groups in total. The number of aromatic nitrogens is 3. The molecule has 6 rings (SSSR count). The Balaban J connectivity index is 1.55. The monoisotopic (exact) mass is 692 g/mol. The molecule has 1 aliphatic rings. The van der Waals surface area contributed by atoms with E-state index in [2.05, 4.69) is 4.99 Å². The highest BCUT2D eigenvalue weighted by Gasteiger charge is 2.34. The SMILES string of the molecule is COC(=O)C1=C(C)N=c2s/c(=C\c3cn(-c4ccccc4)nc3-c3ccc(OC(C)C)c(C)c3)c(=O)n2[C@@H]1c1ccc(OC(C)=O)c(OC)c1. The van der Waals surface area contributed by atoms with E-state index in [-0.39, 0.29) is 28.7 Å². The first kappa shape index (κ1) is 34.1. The summed E-state index contributed by atoms with van der Waals surface area (Å²) >= 11 is 1.21. The Labute approximate surface area is 292 Å². The molecule has 0 amide bonds. The number of aryl methyl sites for hydroxylation is 1. The molecule has 3 aromatic carbocycles. The third kappa shape index (κ3) is 6.61. The van der Waals surface area contributed by atoms with Crippen LogP contribution in [-0.2, 0) is 14.3 Å². The minimum atomic E-state index is -0.899. The Kier molecular flexibility index (Phi) is 9.56. The van der Waals surface area contributed by atoms with Gasteiger partial charge in [-0.1, -0.05) is 35.6 Å². The van der Waals surface area contributed by atoms with Crippen LogP contribution in [0.2, 0.25) is 0 Å². The van der Waals surface area contributed by atoms with Crippen LogP contribution < -0.4 is 29.1 Å². The van der Waals surface area contributed by atoms with Crippen LogP contribution in [0.25, 0.3) is 23.0 Å². The molecule has 3 heterocycles. The van der Waals surface area contributed by atoms with Crippen molar-refractivity contribution < 1.29 is 28.5 Å². The van der Waals surface area contributed by atoms with E-state index in [1.54, 1.807) is 35.9 Å². The van der Waals surface area contributed by atoms with Crippen molar-refractivity contribution in [1.29, 1.82) is 0 Å². The van der Waals surface area contributed by atoms with E-state index in [1.165, 1.54) is 37.0 Å². The maximum atomic E-state index is 14.4. The lowest BCUT2D eigenvalue weighted by Crippen LogP contribution is -2.39. The molecule has 0 bridgehead atoms. The van der Waals surface area contributed by atoms with Crippen molar-refractivity contribution in [2.24, 2.45) is 4.99 Å². The third-order valence-corrected chi connectivity index (χ3v) is 9.03. The van der Waals surface area contributed by atoms with E-state index in [0.29, 0.717) is 31.9 Å². The van der Waals surface area contributed by atoms with Crippen molar-refractivity contribution in [3.05, 3.63) is 121 Å². The maximum Gasteiger partial charge on any atom is 0.338 e. The standard InChI is InChI=1S/C38H36N4O7S/c1-21(2)48-29-15-13-25(17-22(29)3)34-27(20-41(40-34)28-11-9-8-10-12-28)19-32-36(44)42-35(33(37(45)47-7)23(4)39-38(42)50-32)26-14-16-30(49-24(5)43)31(18-26)46-6/h8-21,35H,1-7H3/b32-19-/t35-/m1/s1. The summed E-state index contributed by atoms with van der Waals surface area (Å²) in [5.41, 5.74) is 4.85. The number of hydrogen-bond donors (Lipinski definition) is 0. The van der Waals surface area contributed by atoms with Crippen LogP contribution in [0.1, 0.15) is 50.4 Å². The van der Waals surface area contributed by atoms with Crippen molar-refractivity contribution in [2.75, 3.05) is 14.2 Å². The zero-order valence-electron chi connectivity index (χ0n) is 28.7. The Morgan fingerprint density at radius 2 is 1.70 bits per heavy atom. The van der Waals surface area contributed by atoms with E-state index >= 15 is 0 Å². The molecule has 0 saturated carbocycles. The van der Waals surface area contributed by atoms with Crippen molar-refractivity contribution in [3.8, 4) is 34.2 Å². The van der Waals surface area contributed by atoms with Gasteiger partial charge in [-0.15, -0.1) is 0 Å². The number of para-hydroxylation sites is 1. The van der Waals surface area contributed by atoms with Gasteiger partial charge in [0.25, 0.3) is 5.56 Å². The van der Waals surface area contributed by atoms with E-state index < -0.39 is 18.0 Å². The number of rotatable bonds is 9. The second-order valence-corrected chi connectivity index (χ2v) is 12.9. The van der Waals surface area contributed by atoms with Crippen molar-refractivity contribution in [1.82, 2.24) is 14.3 Å². The van der Waals surface area contributed by atoms with E-state index in [0.717, 1.165) is 22.6 Å². The Hall–Kier alpha value is -5.75. The molecule has 0 aliphatic carbocycles. The predicted molar refractivity (Wildman–Crippen MR) is 190 cm³/mol. The summed E-state index contributed by atoms with van der Waals surface area (Å²) in [4.78, 5) is 44.4. The first-order valence-corrected chi connectivity index (χ1v) is 16.7. The molecule has 0 saturated heterocycles. The molecule has 1 aliphatic heterocycles. The van der Waals surface area contributed by atoms with E-state index in [1.807, 2.05) is 75.5 Å². The minimum absolute atomic E-state index is 0.0264. The average Bonchev–Trinajstić information content (AvgIpc) is 3.65. The summed E-state index contributed by atoms with van der Waals surface area (Å²) in [6, 6.07) is 19.6. The number of benzene rings is 3. The molecular weight excluding hydrogens is 657 g/mol. The number of hydrogen-bond acceptors (Lipinski definition) is 10. The fourth-order valence-electron chi connectivity index (χ4n) is 5.86. The molecule has 5 aromatic rings. The van der Waals surface area contributed by atoms with Crippen LogP contribution in [0, 0.1) is 6.92 Å². The van der Waals surface area contributed by atoms with Crippen molar-refractivity contribution >= 4 is 29.4 Å². The number of allylic oxidation sites excluding steroid dienone is 1. The summed E-state index contributed by atoms with van der Waals surface area (Å²) in [6.07, 6.45) is 3.72. The van der Waals surface area contributed by atoms with Gasteiger partial charge in [-0.2, -0.15) is 5.10 Å². The van der Waals surface area contributed by atoms with Crippen LogP contribution in [0.3, 0.4) is 0 Å². The topological polar surface area (TPSA) is 123 Å². The zero-order valence-corrected chi connectivity index (χ0v) is 29.5. The van der Waals surface area contributed by atoms with Gasteiger partial charge in [0.1, 0.15) is 11.4 Å². The fraction of sp³-hybridized carbons (Fsp3) is 0.237. The summed E-state index contributed by atoms with van der Waals surface area (Å²) in [6.45, 7) is 8.95. The fourth-order valence-corrected chi connectivity index (χ4v) is 6.89. The molecular formula is C38H36N4O7S. The van der Waals surface area contributed by atoms with Gasteiger partial charge >= 0.3 is 11.9 Å². The number of methoxy groups -OCH3 is 2. The number of carbonyl (C=O) groups is 2. The Morgan fingerprint density at radius 1 is 0.960 bits per heavy atom. The molecule has 0 unspecified atom stereocenters. The van der Waals surface area contributed by atoms with E-state index in [4.69, 9.17) is 24.0 Å². The largest absolute Gasteiger partial charge is 0.493 e. The third-order valence-electron chi connectivity index (χ3n) is 8.05. The van der Waals surface area contributed by atoms with Crippen molar-refractivity contribution in [3.63, 3.8) is 0 Å². The van der Waals surface area contributed by atoms with Gasteiger partial charge in [0.2, 0.25) is 0 Å². The smallest absolute Gasteiger partial charge is 0.338 e. The first-order valence-electron chi connectivity index (χ1n) is 15.9. The Morgan fingerprint density at radius 3 is 2.36 bits per heavy atom. The summed E-state index contributed by atoms with van der Waals surface area (Å²) < 4.78 is 25.6. The van der Waals surface area contributed by atoms with Gasteiger partial charge in [0, 0.05) is 24.2 Å². The number of ether oxygens (including phenoxy) is 4. The summed E-state index contributed by atoms with van der Waals surface area (Å²) in [5, 5.41) is 4.96. The van der Waals surface area contributed by atoms with Gasteiger partial charge in [0.05, 0.1) is 47.9 Å². The van der Waals surface area contributed by atoms with Crippen LogP contribution in [-0.4, -0.2) is 46.6 Å². The van der Waals surface area contributed by atoms with Crippen LogP contribution in [0.4, 0.5) is 0 Å². The molecule has 11 nitrogen and oxygen atoms in total. The minimum Gasteiger partial charge on any atom is -0.493 e. The quantitative estimate of drug-likeness (QED) is 0.151. The highest BCUT2D eigenvalue weighted by atomic mass is 32.1. The molecule has 1 atom stereocenters. The second-order valence-electron chi connectivity index (χ2n) is 11.9. The highest BCUT2D eigenvalue weighted by molar-refractivity contribution is 7.07. The molecule has 50 heavy (non-hydrogen) atoms. The lowest BCUT2D eigenvalue weighted by Gasteiger charge is -2.25. The van der Waals surface area contributed by atoms with Crippen LogP contribution in [0.15, 0.2) is 94.0 Å². The van der Waals surface area contributed by atoms with Crippen LogP contribution >= 0.6 is 11.3 Å². The van der Waals surface area contributed by atoms with Gasteiger partial charge in [-0.25, -0.2) is 14.5 Å². The first-order chi connectivity index (χ1) is 24.0. The maximum absolute atomic E-state index is 14.4. The Bertz CT molecular complexity index is 2330. The van der Waals surface area contributed by atoms with E-state index in [9.17, 15) is 14.4 Å². The van der Waals surface area contributed by atoms with Gasteiger partial charge in [-0.3, -0.25) is 14.2 Å². The number of fused-ring (bicyclic) bond motifs is 1. The molecule has 0 spiro atoms. The predicted octanol–water partition coefficient (Wildman–Crippen LogP) is 5.29. The number of nitrogens with zero attached hydrogens (tertiary/aromatic N) is 4. The molecule has 0 fully saturated rings.